The van der Waals surface area contributed by atoms with E-state index in [0.717, 1.165) is 25.0 Å². The van der Waals surface area contributed by atoms with E-state index in [-0.39, 0.29) is 122 Å². The summed E-state index contributed by atoms with van der Waals surface area (Å²) in [5, 5.41) is 0. The minimum absolute atomic E-state index is 0.0244. The van der Waals surface area contributed by atoms with Gasteiger partial charge in [0.25, 0.3) is 0 Å². The van der Waals surface area contributed by atoms with Crippen LogP contribution in [-0.2, 0) is 47.6 Å². The molecule has 0 unspecified atom stereocenters. The van der Waals surface area contributed by atoms with Crippen molar-refractivity contribution >= 4 is 59.7 Å². The SMILES string of the molecule is C=CC(=O)OCCCCOC(=O)c1ccc(C(=O)Oc2ccc(OC(=O)C3CCC(C(=O)Oc4ccc(OC(=O)c5ccc(C(=O)OCCCCOC(=O)C=C)cc5)c(C(=O)OCCCC)c4)CC3)cc2C(=O)OCCCC)cc1. The molecule has 0 N–H and O–H groups in total. The first-order valence-corrected chi connectivity index (χ1v) is 26.3. The van der Waals surface area contributed by atoms with Gasteiger partial charge >= 0.3 is 59.7 Å². The molecule has 424 valence electrons. The number of rotatable bonds is 30. The smallest absolute Gasteiger partial charge is 0.343 e. The molecule has 20 heteroatoms. The van der Waals surface area contributed by atoms with Crippen molar-refractivity contribution in [1.82, 2.24) is 0 Å². The summed E-state index contributed by atoms with van der Waals surface area (Å²) in [4.78, 5) is 128. The summed E-state index contributed by atoms with van der Waals surface area (Å²) in [6.45, 7) is 11.1. The monoisotopic (exact) mass is 1100 g/mol. The van der Waals surface area contributed by atoms with E-state index in [4.69, 9.17) is 47.4 Å². The van der Waals surface area contributed by atoms with Crippen molar-refractivity contribution in [2.24, 2.45) is 11.8 Å². The van der Waals surface area contributed by atoms with E-state index >= 15 is 0 Å². The van der Waals surface area contributed by atoms with Gasteiger partial charge in [-0.15, -0.1) is 0 Å². The number of ether oxygens (including phenoxy) is 10. The van der Waals surface area contributed by atoms with Crippen molar-refractivity contribution in [2.75, 3.05) is 39.6 Å². The molecule has 0 heterocycles. The Morgan fingerprint density at radius 1 is 0.388 bits per heavy atom. The van der Waals surface area contributed by atoms with Crippen LogP contribution in [0.4, 0.5) is 0 Å². The summed E-state index contributed by atoms with van der Waals surface area (Å²) in [6, 6.07) is 18.7. The van der Waals surface area contributed by atoms with Crippen molar-refractivity contribution in [3.63, 3.8) is 0 Å². The molecular formula is C60H64O20. The molecule has 0 aromatic heterocycles. The lowest BCUT2D eigenvalue weighted by Crippen LogP contribution is -2.30. The fraction of sp³-hybridized carbons (Fsp3) is 0.367. The Hall–Kier alpha value is -8.94. The van der Waals surface area contributed by atoms with Gasteiger partial charge in [0.1, 0.15) is 34.1 Å². The summed E-state index contributed by atoms with van der Waals surface area (Å²) < 4.78 is 53.7. The lowest BCUT2D eigenvalue weighted by atomic mass is 9.82. The van der Waals surface area contributed by atoms with Crippen LogP contribution in [0.5, 0.6) is 23.0 Å². The Morgan fingerprint density at radius 2 is 0.688 bits per heavy atom. The third-order valence-corrected chi connectivity index (χ3v) is 12.1. The van der Waals surface area contributed by atoms with E-state index < -0.39 is 71.5 Å². The second-order valence-electron chi connectivity index (χ2n) is 18.0. The molecule has 0 spiro atoms. The van der Waals surface area contributed by atoms with Crippen LogP contribution in [0.2, 0.25) is 0 Å². The van der Waals surface area contributed by atoms with E-state index in [2.05, 4.69) is 13.2 Å². The minimum Gasteiger partial charge on any atom is -0.463 e. The maximum atomic E-state index is 13.5. The van der Waals surface area contributed by atoms with Gasteiger partial charge < -0.3 is 47.4 Å². The maximum absolute atomic E-state index is 13.5. The average Bonchev–Trinajstić information content (AvgIpc) is 3.47. The fourth-order valence-corrected chi connectivity index (χ4v) is 7.55. The number of hydrogen-bond donors (Lipinski definition) is 0. The van der Waals surface area contributed by atoms with Crippen LogP contribution >= 0.6 is 0 Å². The van der Waals surface area contributed by atoms with E-state index in [1.807, 2.05) is 13.8 Å². The topological polar surface area (TPSA) is 263 Å². The molecule has 0 aliphatic heterocycles. The number of esters is 10. The first kappa shape index (κ1) is 61.9. The van der Waals surface area contributed by atoms with Gasteiger partial charge in [0.05, 0.1) is 73.7 Å². The first-order chi connectivity index (χ1) is 38.6. The van der Waals surface area contributed by atoms with Gasteiger partial charge in [0, 0.05) is 12.2 Å². The Morgan fingerprint density at radius 3 is 1.01 bits per heavy atom. The van der Waals surface area contributed by atoms with Crippen molar-refractivity contribution < 1.29 is 95.3 Å². The summed E-state index contributed by atoms with van der Waals surface area (Å²) in [5.74, 6) is -8.62. The third-order valence-electron chi connectivity index (χ3n) is 12.1. The summed E-state index contributed by atoms with van der Waals surface area (Å²) in [6.07, 6.45) is 7.52. The van der Waals surface area contributed by atoms with Gasteiger partial charge in [-0.2, -0.15) is 0 Å². The van der Waals surface area contributed by atoms with Crippen molar-refractivity contribution in [3.05, 3.63) is 144 Å². The van der Waals surface area contributed by atoms with E-state index in [0.29, 0.717) is 38.5 Å². The first-order valence-electron chi connectivity index (χ1n) is 26.3. The normalized spacial score (nSPS) is 13.5. The highest BCUT2D eigenvalue weighted by molar-refractivity contribution is 5.99. The quantitative estimate of drug-likeness (QED) is 0.0155. The lowest BCUT2D eigenvalue weighted by Gasteiger charge is -2.26. The zero-order valence-corrected chi connectivity index (χ0v) is 44.7. The van der Waals surface area contributed by atoms with Crippen molar-refractivity contribution in [1.29, 1.82) is 0 Å². The van der Waals surface area contributed by atoms with Gasteiger partial charge in [-0.25, -0.2) is 38.4 Å². The lowest BCUT2D eigenvalue weighted by molar-refractivity contribution is -0.145. The van der Waals surface area contributed by atoms with Crippen LogP contribution in [0.25, 0.3) is 0 Å². The molecule has 5 rings (SSSR count). The average molecular weight is 1110 g/mol. The van der Waals surface area contributed by atoms with E-state index in [1.165, 1.54) is 84.9 Å². The van der Waals surface area contributed by atoms with Crippen LogP contribution in [0, 0.1) is 11.8 Å². The highest BCUT2D eigenvalue weighted by Crippen LogP contribution is 2.34. The van der Waals surface area contributed by atoms with Crippen LogP contribution in [0.15, 0.2) is 110 Å². The Bertz CT molecular complexity index is 2650. The predicted octanol–water partition coefficient (Wildman–Crippen LogP) is 9.69. The molecule has 1 saturated carbocycles. The highest BCUT2D eigenvalue weighted by Gasteiger charge is 2.33. The molecule has 1 aliphatic carbocycles. The molecule has 4 aromatic rings. The predicted molar refractivity (Wildman–Crippen MR) is 284 cm³/mol. The third kappa shape index (κ3) is 19.8. The van der Waals surface area contributed by atoms with Gasteiger partial charge in [-0.1, -0.05) is 39.8 Å². The Labute approximate surface area is 462 Å². The standard InChI is InChI=1S/C60H64O20/c1-5-9-31-75-59(69)47-37-45(27-29-49(47)79-57(67)43-19-15-39(16-20-43)53(63)73-35-13-11-33-71-51(61)7-3)77-55(65)41-23-25-42(26-24-41)56(66)78-46-28-30-50(48(38-46)60(70)76-32-10-6-2)80-58(68)44-21-17-40(18-22-44)54(64)74-36-14-12-34-72-52(62)8-4/h7-8,15-22,27-30,37-38,41-42H,3-6,9-14,23-26,31-36H2,1-2H3. The Kier molecular flexibility index (Phi) is 25.3. The fourth-order valence-electron chi connectivity index (χ4n) is 7.55. The molecular weight excluding hydrogens is 1040 g/mol. The Balaban J connectivity index is 1.15. The number of carbonyl (C=O) groups excluding carboxylic acids is 10. The summed E-state index contributed by atoms with van der Waals surface area (Å²) in [5.41, 5.74) is 0.0760. The molecule has 1 fully saturated rings. The molecule has 0 bridgehead atoms. The number of benzene rings is 4. The second-order valence-corrected chi connectivity index (χ2v) is 18.0. The second kappa shape index (κ2) is 32.7. The van der Waals surface area contributed by atoms with Gasteiger partial charge in [-0.3, -0.25) is 9.59 Å². The maximum Gasteiger partial charge on any atom is 0.343 e. The number of unbranched alkanes of at least 4 members (excludes halogenated alkanes) is 4. The van der Waals surface area contributed by atoms with E-state index in [1.54, 1.807) is 0 Å². The molecule has 0 saturated heterocycles. The summed E-state index contributed by atoms with van der Waals surface area (Å²) >= 11 is 0. The molecule has 0 radical (unpaired) electrons. The van der Waals surface area contributed by atoms with Crippen molar-refractivity contribution in [2.45, 2.75) is 90.9 Å². The molecule has 20 nitrogen and oxygen atoms in total. The van der Waals surface area contributed by atoms with E-state index in [9.17, 15) is 47.9 Å². The largest absolute Gasteiger partial charge is 0.463 e. The number of hydrogen-bond acceptors (Lipinski definition) is 20. The van der Waals surface area contributed by atoms with Crippen LogP contribution < -0.4 is 18.9 Å². The molecule has 0 atom stereocenters. The molecule has 1 aliphatic rings. The van der Waals surface area contributed by atoms with Gasteiger partial charge in [0.15, 0.2) is 0 Å². The molecule has 80 heavy (non-hydrogen) atoms. The van der Waals surface area contributed by atoms with Crippen LogP contribution in [0.3, 0.4) is 0 Å². The van der Waals surface area contributed by atoms with Crippen LogP contribution in [-0.4, -0.2) is 99.3 Å². The van der Waals surface area contributed by atoms with Gasteiger partial charge in [-0.05, 0) is 149 Å². The molecule has 4 aromatic carbocycles. The summed E-state index contributed by atoms with van der Waals surface area (Å²) in [7, 11) is 0. The minimum atomic E-state index is -0.857. The van der Waals surface area contributed by atoms with Crippen molar-refractivity contribution in [3.8, 4) is 23.0 Å². The van der Waals surface area contributed by atoms with Crippen LogP contribution in [0.1, 0.15) is 153 Å². The zero-order chi connectivity index (χ0) is 57.8. The number of carbonyl (C=O) groups is 10. The van der Waals surface area contributed by atoms with Gasteiger partial charge in [0.2, 0.25) is 0 Å². The highest BCUT2D eigenvalue weighted by atomic mass is 16.6. The molecule has 0 amide bonds. The zero-order valence-electron chi connectivity index (χ0n) is 44.7.